The van der Waals surface area contributed by atoms with Crippen LogP contribution in [0.1, 0.15) is 46.9 Å². The molecular formula is C27H37Cl2N3O5. The Balaban J connectivity index is 0.00000481. The quantitative estimate of drug-likeness (QED) is 0.355. The van der Waals surface area contributed by atoms with Gasteiger partial charge in [0.25, 0.3) is 5.91 Å². The summed E-state index contributed by atoms with van der Waals surface area (Å²) in [7, 11) is 3.40. The molecule has 3 N–H and O–H groups in total. The molecule has 0 saturated carbocycles. The molecule has 1 fully saturated rings. The summed E-state index contributed by atoms with van der Waals surface area (Å²) in [5, 5.41) is 16.0. The summed E-state index contributed by atoms with van der Waals surface area (Å²) in [6.45, 7) is 2.53. The monoisotopic (exact) mass is 553 g/mol. The number of carboxylic acid groups (broad SMARTS) is 1. The Morgan fingerprint density at radius 2 is 1.95 bits per heavy atom. The van der Waals surface area contributed by atoms with Crippen molar-refractivity contribution in [1.82, 2.24) is 15.5 Å². The van der Waals surface area contributed by atoms with Crippen molar-refractivity contribution in [3.05, 3.63) is 70.2 Å². The van der Waals surface area contributed by atoms with Gasteiger partial charge < -0.3 is 30.1 Å². The van der Waals surface area contributed by atoms with E-state index in [2.05, 4.69) is 10.6 Å². The summed E-state index contributed by atoms with van der Waals surface area (Å²) in [5.74, 6) is 0.347. The van der Waals surface area contributed by atoms with Gasteiger partial charge in [-0.05, 0) is 67.6 Å². The van der Waals surface area contributed by atoms with E-state index in [1.807, 2.05) is 43.4 Å². The Bertz CT molecular complexity index is 1000. The van der Waals surface area contributed by atoms with Gasteiger partial charge in [-0.15, -0.1) is 12.4 Å². The number of amides is 2. The van der Waals surface area contributed by atoms with Crippen molar-refractivity contribution in [3.63, 3.8) is 0 Å². The molecule has 37 heavy (non-hydrogen) atoms. The van der Waals surface area contributed by atoms with Crippen molar-refractivity contribution in [2.75, 3.05) is 47.0 Å². The average molecular weight is 555 g/mol. The Kier molecular flexibility index (Phi) is 13.2. The lowest BCUT2D eigenvalue weighted by Crippen LogP contribution is -2.41. The lowest BCUT2D eigenvalue weighted by Gasteiger charge is -2.26. The van der Waals surface area contributed by atoms with Crippen LogP contribution in [0.25, 0.3) is 0 Å². The van der Waals surface area contributed by atoms with Gasteiger partial charge in [-0.25, -0.2) is 4.79 Å². The molecule has 2 aromatic carbocycles. The van der Waals surface area contributed by atoms with Crippen LogP contribution in [0, 0.1) is 5.92 Å². The number of ether oxygens (including phenoxy) is 2. The second-order valence-electron chi connectivity index (χ2n) is 9.15. The molecule has 8 nitrogen and oxygen atoms in total. The van der Waals surface area contributed by atoms with Crippen LogP contribution in [0.2, 0.25) is 5.02 Å². The van der Waals surface area contributed by atoms with Crippen molar-refractivity contribution < 1.29 is 24.2 Å². The normalized spacial score (nSPS) is 16.8. The maximum absolute atomic E-state index is 13.0. The van der Waals surface area contributed by atoms with Crippen molar-refractivity contribution in [2.45, 2.75) is 31.4 Å². The van der Waals surface area contributed by atoms with Gasteiger partial charge in [0.2, 0.25) is 0 Å². The van der Waals surface area contributed by atoms with Crippen LogP contribution in [0.4, 0.5) is 4.79 Å². The molecule has 1 unspecified atom stereocenters. The molecule has 3 rings (SSSR count). The van der Waals surface area contributed by atoms with Crippen LogP contribution in [0.15, 0.2) is 48.5 Å². The van der Waals surface area contributed by atoms with Gasteiger partial charge in [0.05, 0.1) is 6.61 Å². The van der Waals surface area contributed by atoms with E-state index in [-0.39, 0.29) is 37.5 Å². The van der Waals surface area contributed by atoms with Crippen molar-refractivity contribution in [2.24, 2.45) is 5.92 Å². The number of hydrogen-bond donors (Lipinski definition) is 3. The molecule has 1 heterocycles. The first-order valence-corrected chi connectivity index (χ1v) is 12.7. The summed E-state index contributed by atoms with van der Waals surface area (Å²) < 4.78 is 11.7. The third kappa shape index (κ3) is 9.79. The first kappa shape index (κ1) is 30.9. The van der Waals surface area contributed by atoms with Crippen molar-refractivity contribution >= 4 is 36.0 Å². The number of nitrogens with one attached hydrogen (secondary N) is 2. The van der Waals surface area contributed by atoms with E-state index < -0.39 is 12.2 Å². The number of hydrogen-bond acceptors (Lipinski definition) is 5. The third-order valence-corrected chi connectivity index (χ3v) is 6.67. The number of halogens is 2. The Labute approximate surface area is 230 Å². The molecule has 1 aliphatic rings. The summed E-state index contributed by atoms with van der Waals surface area (Å²) >= 11 is 6.22. The standard InChI is InChI=1S/C27H36ClN3O5.ClH/c1-29-24(14-19-6-5-12-35-18-19)17-30-26(32)22-9-3-7-20(15-22)25(21-8-4-10-23(28)16-21)36-13-11-31(2)27(33)34;/h3-4,7-10,15-16,19,24-25,29H,5-6,11-14,17-18H2,1-2H3,(H,30,32)(H,33,34);1H/t19-,24-,25?;/m1./s1. The van der Waals surface area contributed by atoms with E-state index in [0.717, 1.165) is 48.5 Å². The second-order valence-corrected chi connectivity index (χ2v) is 9.59. The number of rotatable bonds is 12. The molecule has 1 saturated heterocycles. The number of carbonyl (C=O) groups excluding carboxylic acids is 1. The topological polar surface area (TPSA) is 100 Å². The largest absolute Gasteiger partial charge is 0.465 e. The number of nitrogens with zero attached hydrogens (tertiary/aromatic N) is 1. The first-order valence-electron chi connectivity index (χ1n) is 12.3. The Hall–Kier alpha value is -2.36. The molecule has 0 aliphatic carbocycles. The smallest absolute Gasteiger partial charge is 0.407 e. The first-order chi connectivity index (χ1) is 17.4. The highest BCUT2D eigenvalue weighted by Gasteiger charge is 2.21. The van der Waals surface area contributed by atoms with Crippen LogP contribution < -0.4 is 10.6 Å². The molecule has 2 aromatic rings. The molecule has 0 radical (unpaired) electrons. The molecule has 10 heteroatoms. The zero-order chi connectivity index (χ0) is 25.9. The Morgan fingerprint density at radius 3 is 2.59 bits per heavy atom. The lowest BCUT2D eigenvalue weighted by molar-refractivity contribution is 0.0478. The van der Waals surface area contributed by atoms with E-state index in [1.165, 1.54) is 7.05 Å². The predicted molar refractivity (Wildman–Crippen MR) is 147 cm³/mol. The predicted octanol–water partition coefficient (Wildman–Crippen LogP) is 4.61. The molecule has 0 spiro atoms. The minimum Gasteiger partial charge on any atom is -0.465 e. The molecular weight excluding hydrogens is 517 g/mol. The van der Waals surface area contributed by atoms with Crippen LogP contribution in [-0.4, -0.2) is 75.1 Å². The number of likely N-dealkylation sites (N-methyl/N-ethyl adjacent to an activating group) is 2. The molecule has 0 bridgehead atoms. The zero-order valence-corrected chi connectivity index (χ0v) is 22.9. The van der Waals surface area contributed by atoms with Crippen molar-refractivity contribution in [3.8, 4) is 0 Å². The maximum atomic E-state index is 13.0. The molecule has 0 aromatic heterocycles. The summed E-state index contributed by atoms with van der Waals surface area (Å²) in [4.78, 5) is 25.3. The van der Waals surface area contributed by atoms with Gasteiger partial charge in [0.15, 0.2) is 0 Å². The minimum atomic E-state index is -1.02. The van der Waals surface area contributed by atoms with E-state index >= 15 is 0 Å². The highest BCUT2D eigenvalue weighted by Crippen LogP contribution is 2.28. The van der Waals surface area contributed by atoms with Gasteiger partial charge in [-0.2, -0.15) is 0 Å². The van der Waals surface area contributed by atoms with Crippen LogP contribution >= 0.6 is 24.0 Å². The van der Waals surface area contributed by atoms with E-state index in [0.29, 0.717) is 23.0 Å². The van der Waals surface area contributed by atoms with Crippen LogP contribution in [0.5, 0.6) is 0 Å². The van der Waals surface area contributed by atoms with Gasteiger partial charge >= 0.3 is 6.09 Å². The SMILES string of the molecule is CN[C@@H](CNC(=O)c1cccc(C(OCCN(C)C(=O)O)c2cccc(Cl)c2)c1)C[C@H]1CCCOC1.Cl. The fraction of sp³-hybridized carbons (Fsp3) is 0.481. The fourth-order valence-corrected chi connectivity index (χ4v) is 4.52. The highest BCUT2D eigenvalue weighted by atomic mass is 35.5. The maximum Gasteiger partial charge on any atom is 0.407 e. The highest BCUT2D eigenvalue weighted by molar-refractivity contribution is 6.30. The van der Waals surface area contributed by atoms with E-state index in [4.69, 9.17) is 26.2 Å². The van der Waals surface area contributed by atoms with Gasteiger partial charge in [-0.3, -0.25) is 4.79 Å². The molecule has 204 valence electrons. The lowest BCUT2D eigenvalue weighted by atomic mass is 9.94. The zero-order valence-electron chi connectivity index (χ0n) is 21.3. The van der Waals surface area contributed by atoms with Crippen LogP contribution in [0.3, 0.4) is 0 Å². The van der Waals surface area contributed by atoms with Crippen LogP contribution in [-0.2, 0) is 9.47 Å². The second kappa shape index (κ2) is 15.8. The third-order valence-electron chi connectivity index (χ3n) is 6.43. The average Bonchev–Trinajstić information content (AvgIpc) is 2.89. The summed E-state index contributed by atoms with van der Waals surface area (Å²) in [6.07, 6.45) is 1.67. The van der Waals surface area contributed by atoms with Gasteiger partial charge in [0.1, 0.15) is 6.10 Å². The van der Waals surface area contributed by atoms with Crippen molar-refractivity contribution in [1.29, 1.82) is 0 Å². The Morgan fingerprint density at radius 1 is 1.22 bits per heavy atom. The van der Waals surface area contributed by atoms with Gasteiger partial charge in [-0.1, -0.05) is 35.9 Å². The van der Waals surface area contributed by atoms with E-state index in [1.54, 1.807) is 12.1 Å². The summed E-state index contributed by atoms with van der Waals surface area (Å²) in [5.41, 5.74) is 2.14. The molecule has 2 amide bonds. The number of carbonyl (C=O) groups is 2. The molecule has 1 aliphatic heterocycles. The summed E-state index contributed by atoms with van der Waals surface area (Å²) in [6, 6.07) is 14.8. The number of benzene rings is 2. The van der Waals surface area contributed by atoms with E-state index in [9.17, 15) is 9.59 Å². The minimum absolute atomic E-state index is 0. The fourth-order valence-electron chi connectivity index (χ4n) is 4.32. The van der Waals surface area contributed by atoms with Gasteiger partial charge in [0, 0.05) is 50.0 Å². The molecule has 3 atom stereocenters.